The summed E-state index contributed by atoms with van der Waals surface area (Å²) in [7, 11) is 1.57. The molecule has 0 saturated carbocycles. The van der Waals surface area contributed by atoms with E-state index in [9.17, 15) is 14.4 Å². The maximum Gasteiger partial charge on any atom is 0.329 e. The third-order valence-electron chi connectivity index (χ3n) is 5.27. The number of thioether (sulfide) groups is 1. The first-order valence-electron chi connectivity index (χ1n) is 11.0. The van der Waals surface area contributed by atoms with Gasteiger partial charge in [0.15, 0.2) is 16.3 Å². The number of carbonyl (C=O) groups excluding carboxylic acids is 1. The Balaban J connectivity index is 1.71. The second-order valence-corrected chi connectivity index (χ2v) is 8.68. The van der Waals surface area contributed by atoms with E-state index in [1.54, 1.807) is 7.05 Å². The van der Waals surface area contributed by atoms with E-state index in [0.29, 0.717) is 22.9 Å². The Morgan fingerprint density at radius 3 is 2.56 bits per heavy atom. The Bertz CT molecular complexity index is 1150. The van der Waals surface area contributed by atoms with Crippen LogP contribution in [0.15, 0.2) is 45.1 Å². The van der Waals surface area contributed by atoms with Crippen molar-refractivity contribution in [3.8, 4) is 0 Å². The Labute approximate surface area is 191 Å². The van der Waals surface area contributed by atoms with Gasteiger partial charge in [0.1, 0.15) is 6.61 Å². The van der Waals surface area contributed by atoms with E-state index in [4.69, 9.17) is 4.74 Å². The second-order valence-electron chi connectivity index (χ2n) is 7.74. The molecule has 2 heterocycles. The van der Waals surface area contributed by atoms with Crippen LogP contribution in [0.2, 0.25) is 0 Å². The third-order valence-corrected chi connectivity index (χ3v) is 6.22. The van der Waals surface area contributed by atoms with Crippen LogP contribution >= 0.6 is 11.8 Å². The van der Waals surface area contributed by atoms with Crippen LogP contribution in [-0.2, 0) is 29.7 Å². The molecule has 0 aliphatic carbocycles. The molecule has 0 unspecified atom stereocenters. The van der Waals surface area contributed by atoms with Crippen molar-refractivity contribution in [2.75, 3.05) is 5.75 Å². The van der Waals surface area contributed by atoms with Gasteiger partial charge in [0.25, 0.3) is 5.56 Å². The van der Waals surface area contributed by atoms with Crippen LogP contribution in [-0.4, -0.2) is 30.8 Å². The molecule has 0 radical (unpaired) electrons. The minimum Gasteiger partial charge on any atom is -0.460 e. The number of aromatic nitrogens is 4. The molecule has 0 amide bonds. The number of H-pyrrole nitrogens is 1. The molecule has 2 aromatic heterocycles. The molecule has 1 aromatic carbocycles. The topological polar surface area (TPSA) is 99.0 Å². The van der Waals surface area contributed by atoms with Crippen LogP contribution in [0.25, 0.3) is 11.2 Å². The first kappa shape index (κ1) is 23.8. The van der Waals surface area contributed by atoms with E-state index in [1.807, 2.05) is 34.9 Å². The SMILES string of the molecule is CCCCCCCCn1c(SCC(=O)OCc2ccccc2)nc2c1c(=O)[nH]c(=O)n2C. The van der Waals surface area contributed by atoms with E-state index in [2.05, 4.69) is 16.9 Å². The lowest BCUT2D eigenvalue weighted by molar-refractivity contribution is -0.141. The van der Waals surface area contributed by atoms with Crippen LogP contribution in [0.5, 0.6) is 0 Å². The minimum absolute atomic E-state index is 0.0680. The smallest absolute Gasteiger partial charge is 0.329 e. The van der Waals surface area contributed by atoms with Gasteiger partial charge in [-0.15, -0.1) is 0 Å². The summed E-state index contributed by atoms with van der Waals surface area (Å²) >= 11 is 1.22. The highest BCUT2D eigenvalue weighted by Crippen LogP contribution is 2.23. The third kappa shape index (κ3) is 6.12. The van der Waals surface area contributed by atoms with Gasteiger partial charge >= 0.3 is 11.7 Å². The first-order valence-corrected chi connectivity index (χ1v) is 12.0. The first-order chi connectivity index (χ1) is 15.5. The van der Waals surface area contributed by atoms with Gasteiger partial charge in [0.2, 0.25) is 0 Å². The van der Waals surface area contributed by atoms with Crippen LogP contribution in [0.3, 0.4) is 0 Å². The van der Waals surface area contributed by atoms with Crippen molar-refractivity contribution in [3.63, 3.8) is 0 Å². The summed E-state index contributed by atoms with van der Waals surface area (Å²) in [5, 5.41) is 0.539. The normalized spacial score (nSPS) is 11.2. The summed E-state index contributed by atoms with van der Waals surface area (Å²) in [4.78, 5) is 43.6. The van der Waals surface area contributed by atoms with Gasteiger partial charge in [-0.3, -0.25) is 19.1 Å². The van der Waals surface area contributed by atoms with Gasteiger partial charge in [0, 0.05) is 13.6 Å². The Morgan fingerprint density at radius 1 is 1.09 bits per heavy atom. The fraction of sp³-hybridized carbons (Fsp3) is 0.478. The van der Waals surface area contributed by atoms with Crippen molar-refractivity contribution >= 4 is 28.9 Å². The predicted octanol–water partition coefficient (Wildman–Crippen LogP) is 3.62. The van der Waals surface area contributed by atoms with Crippen molar-refractivity contribution in [2.45, 2.75) is 63.8 Å². The number of benzene rings is 1. The van der Waals surface area contributed by atoms with E-state index in [1.165, 1.54) is 35.6 Å². The average molecular weight is 459 g/mol. The van der Waals surface area contributed by atoms with Crippen molar-refractivity contribution in [1.82, 2.24) is 19.1 Å². The predicted molar refractivity (Wildman–Crippen MR) is 126 cm³/mol. The maximum absolute atomic E-state index is 12.5. The lowest BCUT2D eigenvalue weighted by atomic mass is 10.1. The van der Waals surface area contributed by atoms with Gasteiger partial charge in [-0.25, -0.2) is 9.78 Å². The minimum atomic E-state index is -0.509. The van der Waals surface area contributed by atoms with E-state index in [0.717, 1.165) is 24.8 Å². The summed E-state index contributed by atoms with van der Waals surface area (Å²) in [6.45, 7) is 3.00. The average Bonchev–Trinajstić information content (AvgIpc) is 3.17. The molecule has 9 heteroatoms. The summed E-state index contributed by atoms with van der Waals surface area (Å²) in [5.74, 6) is -0.293. The zero-order valence-corrected chi connectivity index (χ0v) is 19.5. The van der Waals surface area contributed by atoms with Crippen molar-refractivity contribution in [3.05, 3.63) is 56.7 Å². The molecule has 0 bridgehead atoms. The number of aryl methyl sites for hydroxylation is 2. The molecule has 172 valence electrons. The highest BCUT2D eigenvalue weighted by molar-refractivity contribution is 7.99. The molecule has 1 N–H and O–H groups in total. The molecule has 0 spiro atoms. The van der Waals surface area contributed by atoms with Crippen LogP contribution < -0.4 is 11.2 Å². The lowest BCUT2D eigenvalue weighted by Gasteiger charge is -2.09. The fourth-order valence-corrected chi connectivity index (χ4v) is 4.31. The number of ether oxygens (including phenoxy) is 1. The summed E-state index contributed by atoms with van der Waals surface area (Å²) in [5.41, 5.74) is 0.638. The summed E-state index contributed by atoms with van der Waals surface area (Å²) < 4.78 is 8.49. The van der Waals surface area contributed by atoms with Crippen LogP contribution in [0.4, 0.5) is 0 Å². The quantitative estimate of drug-likeness (QED) is 0.253. The maximum atomic E-state index is 12.5. The van der Waals surface area contributed by atoms with E-state index in [-0.39, 0.29) is 18.3 Å². The van der Waals surface area contributed by atoms with E-state index < -0.39 is 11.2 Å². The van der Waals surface area contributed by atoms with Gasteiger partial charge in [-0.1, -0.05) is 81.1 Å². The van der Waals surface area contributed by atoms with Gasteiger partial charge in [0.05, 0.1) is 5.75 Å². The standard InChI is InChI=1S/C23H30N4O4S/c1-3-4-5-6-7-11-14-27-19-20(26(2)22(30)25-21(19)29)24-23(27)32-16-18(28)31-15-17-12-9-8-10-13-17/h8-10,12-13H,3-7,11,14-16H2,1-2H3,(H,25,29,30). The number of nitrogens with one attached hydrogen (secondary N) is 1. The number of fused-ring (bicyclic) bond motifs is 1. The molecule has 8 nitrogen and oxygen atoms in total. The number of imidazole rings is 1. The molecule has 32 heavy (non-hydrogen) atoms. The number of nitrogens with zero attached hydrogens (tertiary/aromatic N) is 3. The number of aromatic amines is 1. The molecule has 0 atom stereocenters. The monoisotopic (exact) mass is 458 g/mol. The van der Waals surface area contributed by atoms with Gasteiger partial charge in [-0.2, -0.15) is 0 Å². The largest absolute Gasteiger partial charge is 0.460 e. The molecule has 3 aromatic rings. The summed E-state index contributed by atoms with van der Waals surface area (Å²) in [6, 6.07) is 9.49. The van der Waals surface area contributed by atoms with Gasteiger partial charge < -0.3 is 9.30 Å². The number of hydrogen-bond acceptors (Lipinski definition) is 6. The number of carbonyl (C=O) groups is 1. The molecule has 0 saturated heterocycles. The van der Waals surface area contributed by atoms with E-state index >= 15 is 0 Å². The number of rotatable bonds is 12. The Kier molecular flexibility index (Phi) is 8.72. The summed E-state index contributed by atoms with van der Waals surface area (Å²) in [6.07, 6.45) is 6.70. The van der Waals surface area contributed by atoms with Crippen molar-refractivity contribution in [2.24, 2.45) is 7.05 Å². The Morgan fingerprint density at radius 2 is 1.81 bits per heavy atom. The number of unbranched alkanes of at least 4 members (excludes halogenated alkanes) is 5. The lowest BCUT2D eigenvalue weighted by Crippen LogP contribution is -2.29. The molecule has 0 aliphatic rings. The molecule has 0 fully saturated rings. The highest BCUT2D eigenvalue weighted by atomic mass is 32.2. The molecular formula is C23H30N4O4S. The zero-order chi connectivity index (χ0) is 22.9. The molecule has 3 rings (SSSR count). The highest BCUT2D eigenvalue weighted by Gasteiger charge is 2.18. The number of esters is 1. The van der Waals surface area contributed by atoms with Gasteiger partial charge in [-0.05, 0) is 12.0 Å². The van der Waals surface area contributed by atoms with Crippen molar-refractivity contribution in [1.29, 1.82) is 0 Å². The molecular weight excluding hydrogens is 428 g/mol. The molecule has 0 aliphatic heterocycles. The number of hydrogen-bond donors (Lipinski definition) is 1. The van der Waals surface area contributed by atoms with Crippen LogP contribution in [0, 0.1) is 0 Å². The van der Waals surface area contributed by atoms with Crippen LogP contribution in [0.1, 0.15) is 51.0 Å². The zero-order valence-electron chi connectivity index (χ0n) is 18.6. The fourth-order valence-electron chi connectivity index (χ4n) is 3.49. The Hall–Kier alpha value is -2.81. The van der Waals surface area contributed by atoms with Crippen molar-refractivity contribution < 1.29 is 9.53 Å². The second kappa shape index (κ2) is 11.7.